The normalized spacial score (nSPS) is 11.3. The second-order valence-electron chi connectivity index (χ2n) is 7.71. The summed E-state index contributed by atoms with van der Waals surface area (Å²) in [4.78, 5) is 4.83. The fourth-order valence-corrected chi connectivity index (χ4v) is 4.29. The van der Waals surface area contributed by atoms with E-state index < -0.39 is 10.2 Å². The number of ether oxygens (including phenoxy) is 3. The van der Waals surface area contributed by atoms with Crippen LogP contribution < -0.4 is 33.9 Å². The Bertz CT molecular complexity index is 1540. The molecule has 0 aliphatic carbocycles. The molecule has 0 unspecified atom stereocenters. The van der Waals surface area contributed by atoms with Crippen LogP contribution in [0.2, 0.25) is 0 Å². The molecule has 0 fully saturated rings. The Morgan fingerprint density at radius 3 is 1.86 bits per heavy atom. The van der Waals surface area contributed by atoms with Gasteiger partial charge in [0.2, 0.25) is 0 Å². The van der Waals surface area contributed by atoms with E-state index >= 15 is 0 Å². The third kappa shape index (κ3) is 4.92. The zero-order valence-electron chi connectivity index (χ0n) is 19.7. The molecule has 0 saturated heterocycles. The Kier molecular flexibility index (Phi) is 7.02. The summed E-state index contributed by atoms with van der Waals surface area (Å²) in [5, 5.41) is 5.06. The fourth-order valence-electron chi connectivity index (χ4n) is 4.29. The standard InChI is InChI=1S/C26H22N2O3.ClHO4/c1-29-16-13-21(30-2)24(22(14-16)31-3)20-12-15-8-4-5-9-17(15)25-23(20)18-10-6-7-11-19(18)26(27)28-25;2-1(3,4)5/h4-14H,1-3H3,(H2,27,28);(H,2,3,4,5). The van der Waals surface area contributed by atoms with Crippen molar-refractivity contribution in [3.63, 3.8) is 0 Å². The number of fused-ring (bicyclic) bond motifs is 5. The summed E-state index contributed by atoms with van der Waals surface area (Å²) in [6.45, 7) is 0. The van der Waals surface area contributed by atoms with Gasteiger partial charge in [-0.05, 0) is 22.4 Å². The van der Waals surface area contributed by atoms with E-state index in [1.807, 2.05) is 42.5 Å². The number of halogens is 1. The average molecular weight is 511 g/mol. The summed E-state index contributed by atoms with van der Waals surface area (Å²) in [5.41, 5.74) is 9.04. The lowest BCUT2D eigenvalue weighted by atomic mass is 9.91. The zero-order valence-corrected chi connectivity index (χ0v) is 20.4. The highest BCUT2D eigenvalue weighted by Crippen LogP contribution is 2.47. The van der Waals surface area contributed by atoms with Gasteiger partial charge in [0.05, 0.1) is 47.3 Å². The second-order valence-corrected chi connectivity index (χ2v) is 8.51. The van der Waals surface area contributed by atoms with Crippen LogP contribution >= 0.6 is 0 Å². The molecule has 5 rings (SSSR count). The highest BCUT2D eigenvalue weighted by molar-refractivity contribution is 6.23. The maximum absolute atomic E-state index is 8.60. The van der Waals surface area contributed by atoms with E-state index in [1.54, 1.807) is 21.3 Å². The molecule has 5 aromatic rings. The van der Waals surface area contributed by atoms with Crippen LogP contribution in [0.4, 0.5) is 5.82 Å². The summed E-state index contributed by atoms with van der Waals surface area (Å²) < 4.78 is 49.7. The lowest BCUT2D eigenvalue weighted by Gasteiger charge is -2.19. The van der Waals surface area contributed by atoms with Gasteiger partial charge in [-0.1, -0.05) is 48.5 Å². The molecule has 0 aliphatic rings. The first-order valence-electron chi connectivity index (χ1n) is 10.6. The number of nitrogens with two attached hydrogens (primary N) is 1. The molecule has 4 aromatic carbocycles. The molecule has 0 spiro atoms. The number of nitrogen functional groups attached to an aromatic ring is 1. The number of nitrogens with zero attached hydrogens (tertiary/aromatic N) is 1. The van der Waals surface area contributed by atoms with Crippen molar-refractivity contribution in [3.05, 3.63) is 66.7 Å². The predicted octanol–water partition coefficient (Wildman–Crippen LogP) is 1.69. The summed E-state index contributed by atoms with van der Waals surface area (Å²) in [7, 11) is 0.226. The van der Waals surface area contributed by atoms with E-state index in [4.69, 9.17) is 43.6 Å². The maximum Gasteiger partial charge on any atom is 0.134 e. The van der Waals surface area contributed by atoms with Gasteiger partial charge in [-0.25, -0.2) is 4.98 Å². The molecular weight excluding hydrogens is 488 g/mol. The number of hydrogen-bond acceptors (Lipinski definition) is 9. The SMILES string of the molecule is COc1cc(OC)c(-c2cc3ccccc3c3nc(N)c4ccccc4c23)c(OC)c1.[O-][Cl+3]([O-])([O-])O. The van der Waals surface area contributed by atoms with Gasteiger partial charge in [-0.15, -0.1) is 0 Å². The van der Waals surface area contributed by atoms with Crippen molar-refractivity contribution < 1.29 is 43.1 Å². The van der Waals surface area contributed by atoms with Crippen molar-refractivity contribution >= 4 is 38.3 Å². The van der Waals surface area contributed by atoms with Crippen molar-refractivity contribution in [1.29, 1.82) is 0 Å². The molecule has 9 nitrogen and oxygen atoms in total. The molecular formula is C26H23ClN2O7. The smallest absolute Gasteiger partial charge is 0.134 e. The number of pyridine rings is 1. The van der Waals surface area contributed by atoms with Crippen LogP contribution in [0.15, 0.2) is 66.7 Å². The maximum atomic E-state index is 8.60. The Labute approximate surface area is 208 Å². The summed E-state index contributed by atoms with van der Waals surface area (Å²) in [6.07, 6.45) is 0. The van der Waals surface area contributed by atoms with Crippen LogP contribution in [0.3, 0.4) is 0 Å². The van der Waals surface area contributed by atoms with Crippen molar-refractivity contribution in [2.24, 2.45) is 0 Å². The first-order chi connectivity index (χ1) is 17.2. The summed E-state index contributed by atoms with van der Waals surface area (Å²) in [6, 6.07) is 22.2. The van der Waals surface area contributed by atoms with Crippen molar-refractivity contribution in [3.8, 4) is 28.4 Å². The second kappa shape index (κ2) is 10.0. The van der Waals surface area contributed by atoms with E-state index in [2.05, 4.69) is 24.3 Å². The predicted molar refractivity (Wildman–Crippen MR) is 128 cm³/mol. The van der Waals surface area contributed by atoms with Gasteiger partial charge in [0.25, 0.3) is 0 Å². The molecule has 1 aromatic heterocycles. The van der Waals surface area contributed by atoms with Crippen LogP contribution in [-0.2, 0) is 0 Å². The van der Waals surface area contributed by atoms with E-state index in [9.17, 15) is 0 Å². The summed E-state index contributed by atoms with van der Waals surface area (Å²) >= 11 is 0. The molecule has 0 saturated carbocycles. The van der Waals surface area contributed by atoms with E-state index in [1.165, 1.54) is 0 Å². The Balaban J connectivity index is 0.000000556. The molecule has 0 atom stereocenters. The molecule has 10 heteroatoms. The Hall–Kier alpha value is -3.86. The number of methoxy groups -OCH3 is 3. The Morgan fingerprint density at radius 1 is 0.778 bits per heavy atom. The van der Waals surface area contributed by atoms with Gasteiger partial charge >= 0.3 is 0 Å². The van der Waals surface area contributed by atoms with Gasteiger partial charge < -0.3 is 19.9 Å². The first-order valence-corrected chi connectivity index (χ1v) is 11.9. The molecule has 0 bridgehead atoms. The number of anilines is 1. The molecule has 0 aliphatic heterocycles. The Morgan fingerprint density at radius 2 is 1.31 bits per heavy atom. The minimum atomic E-state index is -4.69. The van der Waals surface area contributed by atoms with Crippen LogP contribution in [0.1, 0.15) is 0 Å². The largest absolute Gasteiger partial charge is 0.496 e. The van der Waals surface area contributed by atoms with Gasteiger partial charge in [0.15, 0.2) is 0 Å². The molecule has 186 valence electrons. The van der Waals surface area contributed by atoms with Crippen molar-refractivity contribution in [2.45, 2.75) is 0 Å². The van der Waals surface area contributed by atoms with Gasteiger partial charge in [0, 0.05) is 28.3 Å². The van der Waals surface area contributed by atoms with Gasteiger partial charge in [-0.2, -0.15) is 14.0 Å². The minimum absolute atomic E-state index is 0.513. The number of aromatic nitrogens is 1. The third-order valence-corrected chi connectivity index (χ3v) is 5.71. The van der Waals surface area contributed by atoms with E-state index in [-0.39, 0.29) is 0 Å². The van der Waals surface area contributed by atoms with Gasteiger partial charge in [0.1, 0.15) is 23.1 Å². The number of benzene rings is 4. The topological polar surface area (TPSA) is 156 Å². The van der Waals surface area contributed by atoms with Crippen LogP contribution in [0, 0.1) is 10.2 Å². The lowest BCUT2D eigenvalue weighted by Crippen LogP contribution is -2.58. The monoisotopic (exact) mass is 510 g/mol. The van der Waals surface area contributed by atoms with Crippen molar-refractivity contribution in [2.75, 3.05) is 27.1 Å². The molecule has 36 heavy (non-hydrogen) atoms. The quantitative estimate of drug-likeness (QED) is 0.343. The first kappa shape index (κ1) is 25.2. The fraction of sp³-hybridized carbons (Fsp3) is 0.115. The average Bonchev–Trinajstić information content (AvgIpc) is 2.86. The van der Waals surface area contributed by atoms with Crippen LogP contribution in [0.25, 0.3) is 43.6 Å². The van der Waals surface area contributed by atoms with Crippen LogP contribution in [-0.4, -0.2) is 31.0 Å². The number of rotatable bonds is 4. The highest BCUT2D eigenvalue weighted by atomic mass is 35.7. The van der Waals surface area contributed by atoms with Crippen molar-refractivity contribution in [1.82, 2.24) is 4.98 Å². The molecule has 0 amide bonds. The molecule has 0 radical (unpaired) electrons. The van der Waals surface area contributed by atoms with Crippen LogP contribution in [0.5, 0.6) is 17.2 Å². The number of hydrogen-bond donors (Lipinski definition) is 2. The van der Waals surface area contributed by atoms with E-state index in [0.717, 1.165) is 43.6 Å². The molecule has 3 N–H and O–H groups in total. The lowest BCUT2D eigenvalue weighted by molar-refractivity contribution is -1.92. The summed E-state index contributed by atoms with van der Waals surface area (Å²) in [5.74, 6) is 2.50. The van der Waals surface area contributed by atoms with E-state index in [0.29, 0.717) is 23.1 Å². The third-order valence-electron chi connectivity index (χ3n) is 5.71. The minimum Gasteiger partial charge on any atom is -0.496 e. The molecule has 1 heterocycles. The highest BCUT2D eigenvalue weighted by Gasteiger charge is 2.21. The van der Waals surface area contributed by atoms with Gasteiger partial charge in [-0.3, -0.25) is 0 Å². The zero-order chi connectivity index (χ0) is 26.0.